The Kier molecular flexibility index (Phi) is 7.82. The summed E-state index contributed by atoms with van der Waals surface area (Å²) in [6.45, 7) is 0. The minimum absolute atomic E-state index is 0. The van der Waals surface area contributed by atoms with E-state index in [1.54, 1.807) is 12.5 Å². The second-order valence-corrected chi connectivity index (χ2v) is 1.78. The van der Waals surface area contributed by atoms with Gasteiger partial charge in [-0.3, -0.25) is 0 Å². The molecule has 0 radical (unpaired) electrons. The van der Waals surface area contributed by atoms with Gasteiger partial charge in [-0.2, -0.15) is 0 Å². The molecule has 60 valence electrons. The first-order valence-corrected chi connectivity index (χ1v) is 2.71. The molecule has 0 saturated heterocycles. The summed E-state index contributed by atoms with van der Waals surface area (Å²) in [6.07, 6.45) is 3.36. The molecule has 0 amide bonds. The van der Waals surface area contributed by atoms with E-state index in [4.69, 9.17) is 0 Å². The van der Waals surface area contributed by atoms with E-state index in [0.717, 1.165) is 11.2 Å². The molecule has 3 nitrogen and oxygen atoms in total. The van der Waals surface area contributed by atoms with Crippen molar-refractivity contribution in [2.75, 3.05) is 0 Å². The second-order valence-electron chi connectivity index (χ2n) is 1.78. The van der Waals surface area contributed by atoms with Gasteiger partial charge in [-0.25, -0.2) is 9.97 Å². The second kappa shape index (κ2) is 6.48. The third-order valence-corrected chi connectivity index (χ3v) is 1.19. The van der Waals surface area contributed by atoms with Gasteiger partial charge in [0.25, 0.3) is 0 Å². The fourth-order valence-electron chi connectivity index (χ4n) is 0.775. The molecule has 0 saturated carbocycles. The Balaban J connectivity index is 0. The fraction of sp³-hybridized carbons (Fsp3) is 0. The third-order valence-electron chi connectivity index (χ3n) is 1.19. The zero-order chi connectivity index (χ0) is 6.10. The first kappa shape index (κ1) is 14.5. The summed E-state index contributed by atoms with van der Waals surface area (Å²) in [5.41, 5.74) is 1.76. The molecular weight excluding hydrogens is 209 g/mol. The van der Waals surface area contributed by atoms with Crippen molar-refractivity contribution in [2.45, 2.75) is 0 Å². The van der Waals surface area contributed by atoms with Crippen LogP contribution in [-0.2, 0) is 0 Å². The number of rotatable bonds is 0. The number of halogens is 2. The van der Waals surface area contributed by atoms with Crippen LogP contribution in [0.4, 0.5) is 0 Å². The maximum Gasteiger partial charge on any atom is 2.00 e. The summed E-state index contributed by atoms with van der Waals surface area (Å²) in [5, 5.41) is 0. The van der Waals surface area contributed by atoms with Gasteiger partial charge in [-0.1, -0.05) is 0 Å². The van der Waals surface area contributed by atoms with Crippen molar-refractivity contribution in [1.82, 2.24) is 15.0 Å². The predicted octanol–water partition coefficient (Wildman–Crippen LogP) is -5.41. The largest absolute Gasteiger partial charge is 2.00 e. The maximum atomic E-state index is 4.00. The third kappa shape index (κ3) is 2.78. The van der Waals surface area contributed by atoms with Gasteiger partial charge < -0.3 is 29.8 Å². The van der Waals surface area contributed by atoms with Gasteiger partial charge in [0.15, 0.2) is 5.65 Å². The monoisotopic (exact) mass is 213 g/mol. The number of hydrogen-bond donors (Lipinski definition) is 1. The van der Waals surface area contributed by atoms with E-state index in [1.165, 1.54) is 0 Å². The summed E-state index contributed by atoms with van der Waals surface area (Å²) >= 11 is 0. The van der Waals surface area contributed by atoms with Crippen LogP contribution in [0.25, 0.3) is 11.2 Å². The van der Waals surface area contributed by atoms with Crippen molar-refractivity contribution < 1.29 is 24.8 Å². The number of H-pyrrole nitrogens is 1. The molecule has 6 heteroatoms. The molecule has 0 bridgehead atoms. The molecule has 0 unspecified atom stereocenters. The SMILES string of the molecule is [Cl-].[Cl-].[Mg+2].c1cnc2nc[nH]c2c1. The Morgan fingerprint density at radius 2 is 1.92 bits per heavy atom. The normalized spacial score (nSPS) is 7.67. The van der Waals surface area contributed by atoms with Gasteiger partial charge >= 0.3 is 23.1 Å². The van der Waals surface area contributed by atoms with Crippen LogP contribution >= 0.6 is 0 Å². The average Bonchev–Trinajstić information content (AvgIpc) is 2.33. The molecule has 0 aliphatic carbocycles. The van der Waals surface area contributed by atoms with Gasteiger partial charge in [0, 0.05) is 6.20 Å². The van der Waals surface area contributed by atoms with Crippen molar-refractivity contribution in [3.8, 4) is 0 Å². The molecule has 2 heterocycles. The molecule has 0 aliphatic rings. The molecule has 0 fully saturated rings. The van der Waals surface area contributed by atoms with E-state index in [9.17, 15) is 0 Å². The van der Waals surface area contributed by atoms with E-state index in [0.29, 0.717) is 0 Å². The predicted molar refractivity (Wildman–Crippen MR) is 39.6 cm³/mol. The van der Waals surface area contributed by atoms with E-state index in [1.807, 2.05) is 12.1 Å². The van der Waals surface area contributed by atoms with Crippen molar-refractivity contribution >= 4 is 34.2 Å². The number of pyridine rings is 1. The topological polar surface area (TPSA) is 41.6 Å². The van der Waals surface area contributed by atoms with Gasteiger partial charge in [-0.15, -0.1) is 0 Å². The molecule has 2 aromatic heterocycles. The average molecular weight is 214 g/mol. The number of nitrogens with one attached hydrogen (secondary N) is 1. The molecule has 2 aromatic rings. The summed E-state index contributed by atoms with van der Waals surface area (Å²) in [4.78, 5) is 10.9. The summed E-state index contributed by atoms with van der Waals surface area (Å²) < 4.78 is 0. The van der Waals surface area contributed by atoms with E-state index < -0.39 is 0 Å². The molecule has 0 spiro atoms. The van der Waals surface area contributed by atoms with Crippen LogP contribution in [0.5, 0.6) is 0 Å². The van der Waals surface area contributed by atoms with Crippen LogP contribution in [0.1, 0.15) is 0 Å². The first-order valence-electron chi connectivity index (χ1n) is 2.71. The van der Waals surface area contributed by atoms with Crippen molar-refractivity contribution in [3.63, 3.8) is 0 Å². The standard InChI is InChI=1S/C6H5N3.2ClH.Mg/c1-2-5-6(7-3-1)9-4-8-5;;;/h1-4H,(H,7,8,9);2*1H;/q;;;+2/p-2. The van der Waals surface area contributed by atoms with Crippen molar-refractivity contribution in [1.29, 1.82) is 0 Å². The number of aromatic nitrogens is 3. The molecule has 0 atom stereocenters. The van der Waals surface area contributed by atoms with E-state index >= 15 is 0 Å². The maximum absolute atomic E-state index is 4.00. The Hall–Kier alpha value is -0.0338. The quantitative estimate of drug-likeness (QED) is 0.445. The van der Waals surface area contributed by atoms with E-state index in [-0.39, 0.29) is 47.9 Å². The van der Waals surface area contributed by atoms with Crippen LogP contribution in [-0.4, -0.2) is 38.0 Å². The van der Waals surface area contributed by atoms with Crippen LogP contribution in [0.2, 0.25) is 0 Å². The van der Waals surface area contributed by atoms with E-state index in [2.05, 4.69) is 15.0 Å². The Morgan fingerprint density at radius 3 is 2.58 bits per heavy atom. The van der Waals surface area contributed by atoms with Crippen LogP contribution in [0.3, 0.4) is 0 Å². The Morgan fingerprint density at radius 1 is 1.17 bits per heavy atom. The Bertz CT molecular complexity index is 295. The van der Waals surface area contributed by atoms with Crippen LogP contribution < -0.4 is 24.8 Å². The minimum atomic E-state index is 0. The first-order chi connectivity index (χ1) is 4.47. The minimum Gasteiger partial charge on any atom is -1.00 e. The van der Waals surface area contributed by atoms with Gasteiger partial charge in [-0.05, 0) is 12.1 Å². The fourth-order valence-corrected chi connectivity index (χ4v) is 0.775. The van der Waals surface area contributed by atoms with Crippen LogP contribution in [0, 0.1) is 0 Å². The van der Waals surface area contributed by atoms with Gasteiger partial charge in [0.2, 0.25) is 0 Å². The summed E-state index contributed by atoms with van der Waals surface area (Å²) in [6, 6.07) is 3.82. The number of imidazole rings is 1. The zero-order valence-electron chi connectivity index (χ0n) is 6.17. The zero-order valence-corrected chi connectivity index (χ0v) is 9.09. The number of hydrogen-bond acceptors (Lipinski definition) is 2. The van der Waals surface area contributed by atoms with Crippen LogP contribution in [0.15, 0.2) is 24.7 Å². The molecule has 0 aromatic carbocycles. The van der Waals surface area contributed by atoms with Gasteiger partial charge in [0.1, 0.15) is 0 Å². The van der Waals surface area contributed by atoms with Crippen molar-refractivity contribution in [3.05, 3.63) is 24.7 Å². The summed E-state index contributed by atoms with van der Waals surface area (Å²) in [7, 11) is 0. The number of aromatic amines is 1. The molecule has 0 aliphatic heterocycles. The molecule has 2 rings (SSSR count). The summed E-state index contributed by atoms with van der Waals surface area (Å²) in [5.74, 6) is 0. The van der Waals surface area contributed by atoms with Crippen molar-refractivity contribution in [2.24, 2.45) is 0 Å². The number of nitrogens with zero attached hydrogens (tertiary/aromatic N) is 2. The van der Waals surface area contributed by atoms with Gasteiger partial charge in [0.05, 0.1) is 11.8 Å². The molecular formula is C6H5Cl2MgN3. The molecule has 12 heavy (non-hydrogen) atoms. The Labute approximate surface area is 98.3 Å². The molecule has 1 N–H and O–H groups in total. The smallest absolute Gasteiger partial charge is 1.00 e. The number of fused-ring (bicyclic) bond motifs is 1.